The lowest BCUT2D eigenvalue weighted by molar-refractivity contribution is -0.109. The molecule has 0 spiro atoms. The van der Waals surface area contributed by atoms with Gasteiger partial charge in [0.2, 0.25) is 0 Å². The van der Waals surface area contributed by atoms with Crippen molar-refractivity contribution in [2.75, 3.05) is 7.11 Å². The molecule has 0 saturated heterocycles. The molecule has 0 aliphatic heterocycles. The number of methoxy groups -OCH3 is 1. The zero-order valence-corrected chi connectivity index (χ0v) is 12.4. The van der Waals surface area contributed by atoms with Crippen molar-refractivity contribution in [1.29, 1.82) is 0 Å². The predicted molar refractivity (Wildman–Crippen MR) is 82.8 cm³/mol. The van der Waals surface area contributed by atoms with E-state index >= 15 is 0 Å². The third kappa shape index (κ3) is 2.29. The van der Waals surface area contributed by atoms with Crippen LogP contribution < -0.4 is 0 Å². The highest BCUT2D eigenvalue weighted by Gasteiger charge is 2.18. The molecule has 0 aliphatic rings. The smallest absolute Gasteiger partial charge is 0.340 e. The van der Waals surface area contributed by atoms with Gasteiger partial charge < -0.3 is 9.14 Å². The van der Waals surface area contributed by atoms with Crippen LogP contribution in [0.1, 0.15) is 17.3 Å². The highest BCUT2D eigenvalue weighted by Crippen LogP contribution is 2.31. The average molecular weight is 299 g/mol. The van der Waals surface area contributed by atoms with Crippen molar-refractivity contribution < 1.29 is 14.3 Å². The Hall–Kier alpha value is -2.27. The zero-order valence-electron chi connectivity index (χ0n) is 11.6. The van der Waals surface area contributed by atoms with Crippen LogP contribution in [0.25, 0.3) is 16.4 Å². The van der Waals surface area contributed by atoms with E-state index < -0.39 is 0 Å². The number of ether oxygens (including phenoxy) is 1. The van der Waals surface area contributed by atoms with Crippen LogP contribution in [0.3, 0.4) is 0 Å². The number of carbonyl (C=O) groups is 2. The number of nitrogens with zero attached hydrogens (tertiary/aromatic N) is 1. The summed E-state index contributed by atoms with van der Waals surface area (Å²) in [4.78, 5) is 24.2. The highest BCUT2D eigenvalue weighted by atomic mass is 32.2. The van der Waals surface area contributed by atoms with Crippen molar-refractivity contribution in [1.82, 2.24) is 4.40 Å². The molecular weight excluding hydrogens is 286 g/mol. The molecule has 2 heterocycles. The standard InChI is InChI=1S/C16H13NO3S/c1-10(18)21-11-6-7-12-14(9-11)17-8-4-3-5-13(17)15(12)16(19)20-2/h3-9H,1-2H3. The van der Waals surface area contributed by atoms with E-state index in [0.29, 0.717) is 5.56 Å². The molecule has 0 atom stereocenters. The van der Waals surface area contributed by atoms with Gasteiger partial charge >= 0.3 is 5.97 Å². The fourth-order valence-electron chi connectivity index (χ4n) is 2.46. The second kappa shape index (κ2) is 5.26. The summed E-state index contributed by atoms with van der Waals surface area (Å²) in [6.45, 7) is 1.53. The van der Waals surface area contributed by atoms with E-state index in [1.54, 1.807) is 0 Å². The van der Waals surface area contributed by atoms with Crippen LogP contribution in [0, 0.1) is 0 Å². The van der Waals surface area contributed by atoms with E-state index in [1.807, 2.05) is 47.0 Å². The second-order valence-electron chi connectivity index (χ2n) is 4.60. The monoisotopic (exact) mass is 299 g/mol. The van der Waals surface area contributed by atoms with Gasteiger partial charge in [-0.05, 0) is 24.3 Å². The Morgan fingerprint density at radius 2 is 1.95 bits per heavy atom. The van der Waals surface area contributed by atoms with Crippen LogP contribution in [-0.4, -0.2) is 22.6 Å². The lowest BCUT2D eigenvalue weighted by Crippen LogP contribution is -2.00. The van der Waals surface area contributed by atoms with Gasteiger partial charge in [-0.15, -0.1) is 0 Å². The predicted octanol–water partition coefficient (Wildman–Crippen LogP) is 3.52. The molecule has 5 heteroatoms. The van der Waals surface area contributed by atoms with Gasteiger partial charge in [0.05, 0.1) is 23.7 Å². The van der Waals surface area contributed by atoms with Crippen LogP contribution in [0.2, 0.25) is 0 Å². The molecule has 0 N–H and O–H groups in total. The maximum absolute atomic E-state index is 12.1. The van der Waals surface area contributed by atoms with Crippen LogP contribution in [0.4, 0.5) is 0 Å². The van der Waals surface area contributed by atoms with Crippen LogP contribution in [-0.2, 0) is 9.53 Å². The summed E-state index contributed by atoms with van der Waals surface area (Å²) in [5.41, 5.74) is 2.23. The summed E-state index contributed by atoms with van der Waals surface area (Å²) in [6.07, 6.45) is 1.90. The fraction of sp³-hybridized carbons (Fsp3) is 0.125. The van der Waals surface area contributed by atoms with Crippen LogP contribution in [0.5, 0.6) is 0 Å². The van der Waals surface area contributed by atoms with Gasteiger partial charge in [0.25, 0.3) is 0 Å². The summed E-state index contributed by atoms with van der Waals surface area (Å²) in [7, 11) is 1.38. The summed E-state index contributed by atoms with van der Waals surface area (Å²) < 4.78 is 6.83. The molecule has 0 unspecified atom stereocenters. The van der Waals surface area contributed by atoms with Crippen molar-refractivity contribution in [3.8, 4) is 0 Å². The first kappa shape index (κ1) is 13.7. The van der Waals surface area contributed by atoms with E-state index in [0.717, 1.165) is 21.3 Å². The number of hydrogen-bond donors (Lipinski definition) is 0. The summed E-state index contributed by atoms with van der Waals surface area (Å²) >= 11 is 1.18. The topological polar surface area (TPSA) is 47.8 Å². The molecule has 1 aromatic carbocycles. The molecule has 2 aromatic heterocycles. The maximum Gasteiger partial charge on any atom is 0.340 e. The van der Waals surface area contributed by atoms with Crippen LogP contribution >= 0.6 is 11.8 Å². The summed E-state index contributed by atoms with van der Waals surface area (Å²) in [6, 6.07) is 11.3. The first-order chi connectivity index (χ1) is 10.1. The highest BCUT2D eigenvalue weighted by molar-refractivity contribution is 8.13. The lowest BCUT2D eigenvalue weighted by atomic mass is 10.1. The van der Waals surface area contributed by atoms with Gasteiger partial charge in [-0.1, -0.05) is 23.9 Å². The van der Waals surface area contributed by atoms with Gasteiger partial charge in [-0.25, -0.2) is 4.79 Å². The molecule has 3 rings (SSSR count). The largest absolute Gasteiger partial charge is 0.465 e. The molecule has 21 heavy (non-hydrogen) atoms. The molecule has 0 radical (unpaired) electrons. The van der Waals surface area contributed by atoms with Gasteiger partial charge in [-0.2, -0.15) is 0 Å². The number of carbonyl (C=O) groups excluding carboxylic acids is 2. The SMILES string of the molecule is COC(=O)c1c2ccc(SC(C)=O)cc2n2ccccc12. The Balaban J connectivity index is 2.35. The Morgan fingerprint density at radius 3 is 2.67 bits per heavy atom. The zero-order chi connectivity index (χ0) is 15.0. The van der Waals surface area contributed by atoms with Crippen LogP contribution in [0.15, 0.2) is 47.5 Å². The van der Waals surface area contributed by atoms with Crippen molar-refractivity contribution in [3.05, 3.63) is 48.2 Å². The molecule has 0 saturated carbocycles. The Kier molecular flexibility index (Phi) is 3.43. The van der Waals surface area contributed by atoms with Gasteiger partial charge in [0.15, 0.2) is 5.12 Å². The van der Waals surface area contributed by atoms with Gasteiger partial charge in [0, 0.05) is 23.4 Å². The molecule has 106 valence electrons. The lowest BCUT2D eigenvalue weighted by Gasteiger charge is -2.00. The quantitative estimate of drug-likeness (QED) is 0.536. The molecule has 0 amide bonds. The van der Waals surface area contributed by atoms with Crippen molar-refractivity contribution in [2.45, 2.75) is 11.8 Å². The Morgan fingerprint density at radius 1 is 1.14 bits per heavy atom. The van der Waals surface area contributed by atoms with Gasteiger partial charge in [-0.3, -0.25) is 4.79 Å². The van der Waals surface area contributed by atoms with E-state index in [9.17, 15) is 9.59 Å². The fourth-order valence-corrected chi connectivity index (χ4v) is 3.10. The summed E-state index contributed by atoms with van der Waals surface area (Å²) in [5, 5.41) is 0.851. The third-order valence-electron chi connectivity index (χ3n) is 3.27. The molecule has 4 nitrogen and oxygen atoms in total. The minimum atomic E-state index is -0.360. The number of pyridine rings is 1. The Labute approximate surface area is 125 Å². The average Bonchev–Trinajstić information content (AvgIpc) is 2.80. The van der Waals surface area contributed by atoms with Crippen molar-refractivity contribution >= 4 is 39.3 Å². The minimum absolute atomic E-state index is 0.0309. The maximum atomic E-state index is 12.1. The number of hydrogen-bond acceptors (Lipinski definition) is 4. The number of thioether (sulfide) groups is 1. The number of rotatable bonds is 2. The number of benzene rings is 1. The Bertz CT molecular complexity index is 866. The summed E-state index contributed by atoms with van der Waals surface area (Å²) in [5.74, 6) is -0.360. The van der Waals surface area contributed by atoms with Crippen molar-refractivity contribution in [2.24, 2.45) is 0 Å². The molecule has 3 aromatic rings. The van der Waals surface area contributed by atoms with Gasteiger partial charge in [0.1, 0.15) is 0 Å². The van der Waals surface area contributed by atoms with E-state index in [2.05, 4.69) is 0 Å². The minimum Gasteiger partial charge on any atom is -0.465 e. The second-order valence-corrected chi connectivity index (χ2v) is 5.85. The number of esters is 1. The normalized spacial score (nSPS) is 11.0. The van der Waals surface area contributed by atoms with E-state index in [1.165, 1.54) is 25.8 Å². The molecule has 0 aliphatic carbocycles. The third-order valence-corrected chi connectivity index (χ3v) is 4.04. The number of aromatic nitrogens is 1. The van der Waals surface area contributed by atoms with Crippen molar-refractivity contribution in [3.63, 3.8) is 0 Å². The van der Waals surface area contributed by atoms with E-state index in [-0.39, 0.29) is 11.1 Å². The molecular formula is C16H13NO3S. The first-order valence-corrected chi connectivity index (χ1v) is 7.23. The number of fused-ring (bicyclic) bond motifs is 3. The molecule has 0 bridgehead atoms. The van der Waals surface area contributed by atoms with E-state index in [4.69, 9.17) is 4.74 Å². The first-order valence-electron chi connectivity index (χ1n) is 6.41. The molecule has 0 fully saturated rings.